The SMILES string of the molecule is CC(C)NC(=O)C1CCCN1C(=O)c1ccccc1OC(F)F. The van der Waals surface area contributed by atoms with Gasteiger partial charge in [-0.2, -0.15) is 8.78 Å². The van der Waals surface area contributed by atoms with E-state index in [9.17, 15) is 18.4 Å². The molecular formula is C16H20F2N2O3. The van der Waals surface area contributed by atoms with Crippen molar-refractivity contribution in [1.82, 2.24) is 10.2 Å². The quantitative estimate of drug-likeness (QED) is 0.904. The lowest BCUT2D eigenvalue weighted by Crippen LogP contribution is -2.47. The van der Waals surface area contributed by atoms with Gasteiger partial charge in [0, 0.05) is 12.6 Å². The number of alkyl halides is 2. The van der Waals surface area contributed by atoms with Crippen LogP contribution in [0.5, 0.6) is 5.75 Å². The fourth-order valence-corrected chi connectivity index (χ4v) is 2.66. The summed E-state index contributed by atoms with van der Waals surface area (Å²) >= 11 is 0. The lowest BCUT2D eigenvalue weighted by molar-refractivity contribution is -0.125. The number of hydrogen-bond donors (Lipinski definition) is 1. The highest BCUT2D eigenvalue weighted by Crippen LogP contribution is 2.26. The molecular weight excluding hydrogens is 306 g/mol. The van der Waals surface area contributed by atoms with Gasteiger partial charge in [0.25, 0.3) is 5.91 Å². The van der Waals surface area contributed by atoms with Crippen LogP contribution in [0.2, 0.25) is 0 Å². The number of benzene rings is 1. The van der Waals surface area contributed by atoms with Crippen molar-refractivity contribution in [2.45, 2.75) is 45.4 Å². The molecule has 1 aromatic carbocycles. The molecule has 1 N–H and O–H groups in total. The number of nitrogens with zero attached hydrogens (tertiary/aromatic N) is 1. The molecule has 1 atom stereocenters. The zero-order chi connectivity index (χ0) is 17.0. The number of nitrogens with one attached hydrogen (secondary N) is 1. The molecule has 1 saturated heterocycles. The number of para-hydroxylation sites is 1. The van der Waals surface area contributed by atoms with Crippen molar-refractivity contribution in [3.05, 3.63) is 29.8 Å². The third-order valence-electron chi connectivity index (χ3n) is 3.58. The highest BCUT2D eigenvalue weighted by atomic mass is 19.3. The van der Waals surface area contributed by atoms with Crippen LogP contribution in [0.1, 0.15) is 37.0 Å². The molecule has 0 spiro atoms. The molecule has 23 heavy (non-hydrogen) atoms. The molecule has 1 heterocycles. The molecule has 0 radical (unpaired) electrons. The first-order valence-electron chi connectivity index (χ1n) is 7.55. The zero-order valence-corrected chi connectivity index (χ0v) is 13.1. The highest BCUT2D eigenvalue weighted by molar-refractivity contribution is 6.00. The summed E-state index contributed by atoms with van der Waals surface area (Å²) in [6, 6.07) is 5.22. The average Bonchev–Trinajstić information content (AvgIpc) is 2.95. The van der Waals surface area contributed by atoms with E-state index in [0.717, 1.165) is 0 Å². The summed E-state index contributed by atoms with van der Waals surface area (Å²) in [5.74, 6) is -0.872. The van der Waals surface area contributed by atoms with Gasteiger partial charge in [-0.05, 0) is 38.8 Å². The zero-order valence-electron chi connectivity index (χ0n) is 13.1. The largest absolute Gasteiger partial charge is 0.434 e. The van der Waals surface area contributed by atoms with Gasteiger partial charge in [-0.15, -0.1) is 0 Å². The summed E-state index contributed by atoms with van der Waals surface area (Å²) in [6.07, 6.45) is 1.25. The minimum atomic E-state index is -3.01. The first kappa shape index (κ1) is 17.2. The number of rotatable bonds is 5. The fraction of sp³-hybridized carbons (Fsp3) is 0.500. The van der Waals surface area contributed by atoms with Crippen LogP contribution in [-0.2, 0) is 4.79 Å². The minimum Gasteiger partial charge on any atom is -0.434 e. The number of amides is 2. The first-order chi connectivity index (χ1) is 10.9. The van der Waals surface area contributed by atoms with E-state index in [0.29, 0.717) is 19.4 Å². The van der Waals surface area contributed by atoms with Crippen LogP contribution in [0.15, 0.2) is 24.3 Å². The standard InChI is InChI=1S/C16H20F2N2O3/c1-10(2)19-14(21)12-7-5-9-20(12)15(22)11-6-3-4-8-13(11)23-16(17)18/h3-4,6,8,10,12,16H,5,7,9H2,1-2H3,(H,19,21). The molecule has 7 heteroatoms. The lowest BCUT2D eigenvalue weighted by Gasteiger charge is -2.25. The Hall–Kier alpha value is -2.18. The maximum Gasteiger partial charge on any atom is 0.387 e. The minimum absolute atomic E-state index is 0.0329. The van der Waals surface area contributed by atoms with Crippen molar-refractivity contribution < 1.29 is 23.1 Å². The molecule has 5 nitrogen and oxygen atoms in total. The van der Waals surface area contributed by atoms with Gasteiger partial charge < -0.3 is 15.0 Å². The normalized spacial score (nSPS) is 17.7. The number of hydrogen-bond acceptors (Lipinski definition) is 3. The molecule has 1 aliphatic rings. The molecule has 1 fully saturated rings. The summed E-state index contributed by atoms with van der Waals surface area (Å²) in [5.41, 5.74) is 0.0389. The Labute approximate surface area is 133 Å². The van der Waals surface area contributed by atoms with E-state index in [1.165, 1.54) is 23.1 Å². The van der Waals surface area contributed by atoms with Crippen molar-refractivity contribution in [1.29, 1.82) is 0 Å². The summed E-state index contributed by atoms with van der Waals surface area (Å²) < 4.78 is 29.4. The topological polar surface area (TPSA) is 58.6 Å². The average molecular weight is 326 g/mol. The fourth-order valence-electron chi connectivity index (χ4n) is 2.66. The van der Waals surface area contributed by atoms with Crippen LogP contribution in [-0.4, -0.2) is 42.0 Å². The monoisotopic (exact) mass is 326 g/mol. The molecule has 0 aliphatic carbocycles. The second kappa shape index (κ2) is 7.39. The number of carbonyl (C=O) groups excluding carboxylic acids is 2. The van der Waals surface area contributed by atoms with Gasteiger partial charge in [0.15, 0.2) is 0 Å². The Morgan fingerprint density at radius 3 is 2.65 bits per heavy atom. The molecule has 0 saturated carbocycles. The molecule has 1 aromatic rings. The predicted molar refractivity (Wildman–Crippen MR) is 80.4 cm³/mol. The van der Waals surface area contributed by atoms with Crippen LogP contribution >= 0.6 is 0 Å². The van der Waals surface area contributed by atoms with Crippen molar-refractivity contribution >= 4 is 11.8 Å². The van der Waals surface area contributed by atoms with E-state index in [1.54, 1.807) is 6.07 Å². The second-order valence-corrected chi connectivity index (χ2v) is 5.69. The van der Waals surface area contributed by atoms with Crippen LogP contribution in [0.25, 0.3) is 0 Å². The van der Waals surface area contributed by atoms with E-state index in [-0.39, 0.29) is 23.3 Å². The third kappa shape index (κ3) is 4.18. The molecule has 126 valence electrons. The van der Waals surface area contributed by atoms with Crippen molar-refractivity contribution in [2.75, 3.05) is 6.54 Å². The Kier molecular flexibility index (Phi) is 5.52. The van der Waals surface area contributed by atoms with Gasteiger partial charge in [0.05, 0.1) is 5.56 Å². The molecule has 1 aliphatic heterocycles. The summed E-state index contributed by atoms with van der Waals surface area (Å²) in [4.78, 5) is 26.3. The maximum atomic E-state index is 12.7. The highest BCUT2D eigenvalue weighted by Gasteiger charge is 2.35. The smallest absolute Gasteiger partial charge is 0.387 e. The van der Waals surface area contributed by atoms with Crippen molar-refractivity contribution in [3.8, 4) is 5.75 Å². The van der Waals surface area contributed by atoms with Crippen molar-refractivity contribution in [3.63, 3.8) is 0 Å². The van der Waals surface area contributed by atoms with Crippen molar-refractivity contribution in [2.24, 2.45) is 0 Å². The van der Waals surface area contributed by atoms with E-state index in [1.807, 2.05) is 13.8 Å². The molecule has 0 bridgehead atoms. The predicted octanol–water partition coefficient (Wildman–Crippen LogP) is 2.42. The Bertz CT molecular complexity index is 578. The summed E-state index contributed by atoms with van der Waals surface area (Å²) in [5, 5.41) is 2.78. The Balaban J connectivity index is 2.21. The summed E-state index contributed by atoms with van der Waals surface area (Å²) in [7, 11) is 0. The van der Waals surface area contributed by atoms with E-state index >= 15 is 0 Å². The number of halogens is 2. The van der Waals surface area contributed by atoms with E-state index in [2.05, 4.69) is 10.1 Å². The van der Waals surface area contributed by atoms with E-state index in [4.69, 9.17) is 0 Å². The van der Waals surface area contributed by atoms with Gasteiger partial charge in [0.1, 0.15) is 11.8 Å². The van der Waals surface area contributed by atoms with Gasteiger partial charge in [0.2, 0.25) is 5.91 Å². The first-order valence-corrected chi connectivity index (χ1v) is 7.55. The number of ether oxygens (including phenoxy) is 1. The lowest BCUT2D eigenvalue weighted by atomic mass is 10.1. The van der Waals surface area contributed by atoms with Gasteiger partial charge in [-0.1, -0.05) is 12.1 Å². The van der Waals surface area contributed by atoms with Gasteiger partial charge in [-0.3, -0.25) is 9.59 Å². The molecule has 1 unspecified atom stereocenters. The third-order valence-corrected chi connectivity index (χ3v) is 3.58. The maximum absolute atomic E-state index is 12.7. The summed E-state index contributed by atoms with van der Waals surface area (Å²) in [6.45, 7) is 1.08. The Morgan fingerprint density at radius 2 is 2.00 bits per heavy atom. The van der Waals surface area contributed by atoms with Crippen LogP contribution in [0.4, 0.5) is 8.78 Å². The molecule has 2 amide bonds. The van der Waals surface area contributed by atoms with Gasteiger partial charge in [-0.25, -0.2) is 0 Å². The van der Waals surface area contributed by atoms with Gasteiger partial charge >= 0.3 is 6.61 Å². The van der Waals surface area contributed by atoms with Crippen LogP contribution in [0, 0.1) is 0 Å². The molecule has 2 rings (SSSR count). The van der Waals surface area contributed by atoms with Crippen LogP contribution < -0.4 is 10.1 Å². The number of likely N-dealkylation sites (tertiary alicyclic amines) is 1. The molecule has 0 aromatic heterocycles. The van der Waals surface area contributed by atoms with E-state index < -0.39 is 18.6 Å². The number of carbonyl (C=O) groups is 2. The second-order valence-electron chi connectivity index (χ2n) is 5.69. The van der Waals surface area contributed by atoms with Crippen LogP contribution in [0.3, 0.4) is 0 Å². The Morgan fingerprint density at radius 1 is 1.30 bits per heavy atom.